The molecule has 2 aliphatic rings. The molecule has 1 aliphatic carbocycles. The number of nitrogens with zero attached hydrogens (tertiary/aromatic N) is 4. The molecule has 3 aromatic heterocycles. The molecule has 344 valence electrons. The number of benzene rings is 8. The zero-order valence-electron chi connectivity index (χ0n) is 39.7. The Balaban J connectivity index is 0.964. The number of ether oxygens (including phenoxy) is 2. The number of hydrogen-bond donors (Lipinski definition) is 0. The first-order valence-corrected chi connectivity index (χ1v) is 25.0. The first kappa shape index (κ1) is 42.6. The van der Waals surface area contributed by atoms with Crippen LogP contribution < -0.4 is 9.47 Å². The van der Waals surface area contributed by atoms with Crippen molar-refractivity contribution in [2.75, 3.05) is 0 Å². The van der Waals surface area contributed by atoms with Crippen LogP contribution in [0.4, 0.5) is 0 Å². The van der Waals surface area contributed by atoms with Gasteiger partial charge in [0, 0.05) is 17.3 Å². The second-order valence-corrected chi connectivity index (χ2v) is 21.6. The third-order valence-corrected chi connectivity index (χ3v) is 15.3. The van der Waals surface area contributed by atoms with E-state index in [1.807, 2.05) is 36.5 Å². The van der Waals surface area contributed by atoms with E-state index >= 15 is 0 Å². The molecule has 1 spiro atoms. The molecule has 7 heteroatoms. The van der Waals surface area contributed by atoms with Gasteiger partial charge in [-0.15, -0.1) is 0 Å². The quantitative estimate of drug-likeness (QED) is 0.161. The predicted molar refractivity (Wildman–Crippen MR) is 277 cm³/mol. The van der Waals surface area contributed by atoms with Crippen molar-refractivity contribution in [3.8, 4) is 51.3 Å². The number of hydrogen-bond acceptors (Lipinski definition) is 3. The zero-order chi connectivity index (χ0) is 47.7. The van der Waals surface area contributed by atoms with Gasteiger partial charge in [0.1, 0.15) is 11.5 Å². The number of rotatable bonds is 5. The van der Waals surface area contributed by atoms with Crippen LogP contribution >= 0.6 is 0 Å². The SMILES string of the molecule is CC(C)(C)c1cc(-n2[c](=[Pt])n(-c3[c-]c(Oc4[c-]c5c(cc4)c4cc6c(cc4n5-c4ccccn4)C4(c5ccccc5Oc5ccccc54)c4ccccc4-6)ccc3)c3ccccc32)cc(C(C)(C)C)c1. The normalized spacial score (nSPS) is 13.6. The number of pyridine rings is 1. The van der Waals surface area contributed by atoms with Crippen LogP contribution in [0.2, 0.25) is 0 Å². The molecule has 0 atom stereocenters. The van der Waals surface area contributed by atoms with Gasteiger partial charge in [-0.25, -0.2) is 0 Å². The molecule has 8 aromatic carbocycles. The summed E-state index contributed by atoms with van der Waals surface area (Å²) in [5, 5.41) is 2.17. The van der Waals surface area contributed by atoms with E-state index in [0.717, 1.165) is 76.5 Å². The van der Waals surface area contributed by atoms with E-state index in [0.29, 0.717) is 11.5 Å². The first-order valence-electron chi connectivity index (χ1n) is 23.9. The van der Waals surface area contributed by atoms with Gasteiger partial charge < -0.3 is 4.74 Å². The maximum absolute atomic E-state index is 6.80. The topological polar surface area (TPSA) is 46.1 Å². The van der Waals surface area contributed by atoms with Crippen LogP contribution in [-0.2, 0) is 35.6 Å². The van der Waals surface area contributed by atoms with Crippen LogP contribution in [0.15, 0.2) is 182 Å². The van der Waals surface area contributed by atoms with Crippen LogP contribution in [0.3, 0.4) is 0 Å². The van der Waals surface area contributed by atoms with E-state index in [9.17, 15) is 0 Å². The van der Waals surface area contributed by atoms with Crippen LogP contribution in [0, 0.1) is 15.9 Å². The second kappa shape index (κ2) is 15.5. The monoisotopic (exact) mass is 1090 g/mol. The standard InChI is InChI=1S/C63H48N4O2.Pt/c1-61(2,3)40-32-41(62(4,5)6)34-43(33-40)66-39-65(54-24-11-12-25-55(54)66)42-18-17-19-44(35-42)68-45-29-30-47-49-37-48-46-20-7-8-21-50(46)63(51-22-9-13-26-58(51)69-59-27-14-10-23-52(59)63)53(48)38-57(49)67(56(47)36-45)60-28-15-16-31-64-60;/h7-34,37-38H,1-6H3;/q-2;. The van der Waals surface area contributed by atoms with Gasteiger partial charge in [-0.05, 0) is 40.5 Å². The molecule has 0 bridgehead atoms. The fourth-order valence-corrected chi connectivity index (χ4v) is 12.1. The van der Waals surface area contributed by atoms with Gasteiger partial charge in [0.25, 0.3) is 0 Å². The summed E-state index contributed by atoms with van der Waals surface area (Å²) in [6.45, 7) is 13.7. The molecule has 70 heavy (non-hydrogen) atoms. The Kier molecular flexibility index (Phi) is 9.42. The number of para-hydroxylation sites is 4. The van der Waals surface area contributed by atoms with Gasteiger partial charge in [0.05, 0.1) is 5.41 Å². The summed E-state index contributed by atoms with van der Waals surface area (Å²) in [7, 11) is 0. The van der Waals surface area contributed by atoms with Gasteiger partial charge in [-0.1, -0.05) is 66.7 Å². The fraction of sp³-hybridized carbons (Fsp3) is 0.143. The Morgan fingerprint density at radius 2 is 1.14 bits per heavy atom. The van der Waals surface area contributed by atoms with Crippen LogP contribution in [0.1, 0.15) is 74.9 Å². The van der Waals surface area contributed by atoms with Crippen molar-refractivity contribution in [1.82, 2.24) is 18.7 Å². The molecule has 1 aliphatic heterocycles. The molecule has 0 fully saturated rings. The summed E-state index contributed by atoms with van der Waals surface area (Å²) >= 11 is 2.47. The van der Waals surface area contributed by atoms with Crippen molar-refractivity contribution in [3.63, 3.8) is 0 Å². The third kappa shape index (κ3) is 6.35. The fourth-order valence-electron chi connectivity index (χ4n) is 11.0. The van der Waals surface area contributed by atoms with Gasteiger partial charge in [-0.3, -0.25) is 0 Å². The average Bonchev–Trinajstić information content (AvgIpc) is 3.95. The molecule has 13 rings (SSSR count). The Morgan fingerprint density at radius 1 is 0.514 bits per heavy atom. The molecule has 6 nitrogen and oxygen atoms in total. The Labute approximate surface area is 418 Å². The maximum atomic E-state index is 6.80. The van der Waals surface area contributed by atoms with Gasteiger partial charge >= 0.3 is 275 Å². The van der Waals surface area contributed by atoms with Crippen LogP contribution in [0.5, 0.6) is 23.0 Å². The Hall–Kier alpha value is -7.53. The van der Waals surface area contributed by atoms with Crippen LogP contribution in [-0.4, -0.2) is 18.7 Å². The van der Waals surface area contributed by atoms with E-state index in [2.05, 4.69) is 232 Å². The summed E-state index contributed by atoms with van der Waals surface area (Å²) in [4.78, 5) is 4.95. The number of imidazole rings is 1. The molecule has 11 aromatic rings. The molecule has 0 amide bonds. The average molecular weight is 1090 g/mol. The summed E-state index contributed by atoms with van der Waals surface area (Å²) < 4.78 is 21.4. The molecule has 4 heterocycles. The molecular formula is C63H48N4O2Pt-2. The van der Waals surface area contributed by atoms with Crippen molar-refractivity contribution in [3.05, 3.63) is 231 Å². The van der Waals surface area contributed by atoms with Gasteiger partial charge in [0.2, 0.25) is 0 Å². The van der Waals surface area contributed by atoms with E-state index < -0.39 is 5.41 Å². The molecule has 0 unspecified atom stereocenters. The zero-order valence-corrected chi connectivity index (χ0v) is 42.0. The molecule has 0 N–H and O–H groups in total. The minimum atomic E-state index is -0.607. The summed E-state index contributed by atoms with van der Waals surface area (Å²) in [5.74, 6) is 3.70. The van der Waals surface area contributed by atoms with Gasteiger partial charge in [0.15, 0.2) is 0 Å². The summed E-state index contributed by atoms with van der Waals surface area (Å²) in [6.07, 6.45) is 1.85. The molecule has 0 saturated heterocycles. The second-order valence-electron chi connectivity index (χ2n) is 20.6. The molecule has 0 radical (unpaired) electrons. The van der Waals surface area contributed by atoms with Crippen molar-refractivity contribution in [2.45, 2.75) is 57.8 Å². The number of aromatic nitrogens is 4. The minimum absolute atomic E-state index is 0.0221. The van der Waals surface area contributed by atoms with Crippen molar-refractivity contribution in [1.29, 1.82) is 0 Å². The Bertz CT molecular complexity index is 3930. The predicted octanol–water partition coefficient (Wildman–Crippen LogP) is 15.4. The van der Waals surface area contributed by atoms with Crippen LogP contribution in [0.25, 0.3) is 61.2 Å². The van der Waals surface area contributed by atoms with Crippen molar-refractivity contribution < 1.29 is 28.8 Å². The van der Waals surface area contributed by atoms with E-state index in [1.165, 1.54) is 33.4 Å². The summed E-state index contributed by atoms with van der Waals surface area (Å²) in [6, 6.07) is 70.1. The third-order valence-electron chi connectivity index (χ3n) is 14.3. The Morgan fingerprint density at radius 3 is 1.83 bits per heavy atom. The van der Waals surface area contributed by atoms with E-state index in [4.69, 9.17) is 14.5 Å². The first-order chi connectivity index (χ1) is 33.9. The summed E-state index contributed by atoms with van der Waals surface area (Å²) in [5.41, 5.74) is 15.2. The van der Waals surface area contributed by atoms with E-state index in [-0.39, 0.29) is 10.8 Å². The molecular weight excluding hydrogens is 1040 g/mol. The van der Waals surface area contributed by atoms with Crippen molar-refractivity contribution >= 4 is 32.8 Å². The number of fused-ring (bicyclic) bond motifs is 13. The van der Waals surface area contributed by atoms with E-state index in [1.54, 1.807) is 0 Å². The van der Waals surface area contributed by atoms with Gasteiger partial charge in [-0.2, -0.15) is 0 Å². The van der Waals surface area contributed by atoms with Crippen molar-refractivity contribution in [2.24, 2.45) is 0 Å². The molecule has 0 saturated carbocycles.